The van der Waals surface area contributed by atoms with Crippen LogP contribution in [0.2, 0.25) is 0 Å². The fraction of sp³-hybridized carbons (Fsp3) is 0.367. The van der Waals surface area contributed by atoms with Gasteiger partial charge in [-0.3, -0.25) is 0 Å². The highest BCUT2D eigenvalue weighted by Crippen LogP contribution is 2.35. The van der Waals surface area contributed by atoms with Gasteiger partial charge in [0, 0.05) is 61.4 Å². The Labute approximate surface area is 211 Å². The van der Waals surface area contributed by atoms with Crippen LogP contribution in [0.25, 0.3) is 11.2 Å². The maximum absolute atomic E-state index is 4.64. The van der Waals surface area contributed by atoms with E-state index in [0.717, 1.165) is 54.3 Å². The van der Waals surface area contributed by atoms with E-state index in [0.29, 0.717) is 12.5 Å². The summed E-state index contributed by atoms with van der Waals surface area (Å²) in [6.07, 6.45) is 7.17. The summed E-state index contributed by atoms with van der Waals surface area (Å²) < 4.78 is 0. The average Bonchev–Trinajstić information content (AvgIpc) is 3.42. The third-order valence-electron chi connectivity index (χ3n) is 7.92. The number of pyridine rings is 1. The molecule has 179 valence electrons. The van der Waals surface area contributed by atoms with Crippen molar-refractivity contribution >= 4 is 24.3 Å². The molecule has 0 amide bonds. The summed E-state index contributed by atoms with van der Waals surface area (Å²) in [5.41, 5.74) is 9.12. The van der Waals surface area contributed by atoms with Crippen molar-refractivity contribution in [1.82, 2.24) is 14.8 Å². The first-order valence-electron chi connectivity index (χ1n) is 12.9. The van der Waals surface area contributed by atoms with Crippen molar-refractivity contribution in [3.05, 3.63) is 96.4 Å². The van der Waals surface area contributed by atoms with Crippen LogP contribution in [0.4, 0.5) is 5.82 Å². The van der Waals surface area contributed by atoms with Gasteiger partial charge in [0.25, 0.3) is 0 Å². The Morgan fingerprint density at radius 3 is 2.49 bits per heavy atom. The molecule has 5 heteroatoms. The van der Waals surface area contributed by atoms with Crippen LogP contribution >= 0.6 is 0 Å². The van der Waals surface area contributed by atoms with Gasteiger partial charge in [0.2, 0.25) is 7.28 Å². The molecular formula is C30H36BN4. The molecule has 1 saturated heterocycles. The zero-order valence-corrected chi connectivity index (χ0v) is 21.1. The number of allylic oxidation sites excluding steroid dienone is 1. The number of anilines is 1. The lowest BCUT2D eigenvalue weighted by Crippen LogP contribution is -2.45. The number of benzene rings is 1. The molecule has 2 aromatic rings. The van der Waals surface area contributed by atoms with Gasteiger partial charge in [-0.05, 0) is 54.5 Å². The molecule has 0 bridgehead atoms. The Morgan fingerprint density at radius 1 is 1.03 bits per heavy atom. The van der Waals surface area contributed by atoms with Crippen LogP contribution in [0.3, 0.4) is 0 Å². The van der Waals surface area contributed by atoms with E-state index in [1.54, 1.807) is 0 Å². The van der Waals surface area contributed by atoms with E-state index in [1.165, 1.54) is 48.1 Å². The van der Waals surface area contributed by atoms with Gasteiger partial charge in [0.15, 0.2) is 0 Å². The second kappa shape index (κ2) is 9.81. The number of aromatic nitrogens is 1. The van der Waals surface area contributed by atoms with Crippen molar-refractivity contribution in [1.29, 1.82) is 0 Å². The molecule has 3 aliphatic rings. The van der Waals surface area contributed by atoms with Gasteiger partial charge >= 0.3 is 0 Å². The molecule has 5 rings (SSSR count). The van der Waals surface area contributed by atoms with Crippen molar-refractivity contribution in [2.24, 2.45) is 5.92 Å². The van der Waals surface area contributed by atoms with Crippen LogP contribution in [0, 0.1) is 12.8 Å². The highest BCUT2D eigenvalue weighted by molar-refractivity contribution is 6.69. The Balaban J connectivity index is 1.29. The van der Waals surface area contributed by atoms with Crippen LogP contribution in [-0.4, -0.2) is 48.2 Å². The summed E-state index contributed by atoms with van der Waals surface area (Å²) >= 11 is 0. The minimum absolute atomic E-state index is 0.697. The van der Waals surface area contributed by atoms with E-state index < -0.39 is 0 Å². The number of fused-ring (bicyclic) bond motifs is 1. The molecular weight excluding hydrogens is 427 g/mol. The first-order valence-corrected chi connectivity index (χ1v) is 12.9. The van der Waals surface area contributed by atoms with E-state index in [4.69, 9.17) is 0 Å². The molecule has 1 saturated carbocycles. The monoisotopic (exact) mass is 463 g/mol. The maximum Gasteiger partial charge on any atom is 0.213 e. The zero-order valence-electron chi connectivity index (χ0n) is 21.1. The van der Waals surface area contributed by atoms with Crippen molar-refractivity contribution in [2.45, 2.75) is 39.2 Å². The van der Waals surface area contributed by atoms with Crippen LogP contribution in [0.1, 0.15) is 47.9 Å². The Bertz CT molecular complexity index is 1170. The third-order valence-corrected chi connectivity index (χ3v) is 7.92. The van der Waals surface area contributed by atoms with E-state index in [2.05, 4.69) is 77.2 Å². The molecule has 1 aromatic carbocycles. The summed E-state index contributed by atoms with van der Waals surface area (Å²) in [7, 11) is 2.04. The minimum atomic E-state index is 0.697. The number of piperazine rings is 1. The van der Waals surface area contributed by atoms with Crippen molar-refractivity contribution in [2.75, 3.05) is 31.1 Å². The van der Waals surface area contributed by atoms with Crippen LogP contribution in [0.5, 0.6) is 0 Å². The summed E-state index contributed by atoms with van der Waals surface area (Å²) in [5, 5.41) is 0. The number of hydrogen-bond donors (Lipinski definition) is 0. The van der Waals surface area contributed by atoms with Crippen LogP contribution in [0.15, 0.2) is 74.1 Å². The Hall–Kier alpha value is -3.21. The molecule has 1 radical (unpaired) electrons. The molecule has 35 heavy (non-hydrogen) atoms. The van der Waals surface area contributed by atoms with E-state index in [1.807, 2.05) is 19.5 Å². The van der Waals surface area contributed by atoms with Crippen LogP contribution < -0.4 is 4.90 Å². The van der Waals surface area contributed by atoms with E-state index in [9.17, 15) is 0 Å². The molecule has 0 N–H and O–H groups in total. The highest BCUT2D eigenvalue weighted by atomic mass is 15.3. The number of rotatable bonds is 6. The van der Waals surface area contributed by atoms with Crippen molar-refractivity contribution in [3.63, 3.8) is 0 Å². The molecule has 0 spiro atoms. The molecule has 2 aliphatic heterocycles. The predicted octanol–water partition coefficient (Wildman–Crippen LogP) is 5.85. The molecule has 2 fully saturated rings. The lowest BCUT2D eigenvalue weighted by atomic mass is 9.62. The molecule has 1 aromatic heterocycles. The maximum atomic E-state index is 4.64. The summed E-state index contributed by atoms with van der Waals surface area (Å²) in [4.78, 5) is 11.8. The van der Waals surface area contributed by atoms with Gasteiger partial charge < -0.3 is 14.7 Å². The van der Waals surface area contributed by atoms with Crippen LogP contribution in [-0.2, 0) is 6.54 Å². The minimum Gasteiger partial charge on any atom is -0.372 e. The second-order valence-corrected chi connectivity index (χ2v) is 10.2. The molecule has 1 aliphatic carbocycles. The number of aryl methyl sites for hydroxylation is 1. The fourth-order valence-corrected chi connectivity index (χ4v) is 5.74. The standard InChI is InChI=1S/C30H36BN4/c1-21-12-13-26(20-35-25(5)31-22(2)28-11-8-14-32-30(28)35)19-29(21)24(4)34-17-15-33(16-18-34)23(3)27-9-6-7-10-27/h8,11-14,19,27H,2-7,9-10,15-18,20H2,1H3. The SMILES string of the molecule is C=C1[B]C(=C)N(Cc2ccc(C)c(C(=C)N3CCN(C(=C)C4CCCC4)CC3)c2)c2ncccc21. The van der Waals surface area contributed by atoms with E-state index in [-0.39, 0.29) is 0 Å². The number of hydrogen-bond acceptors (Lipinski definition) is 4. The van der Waals surface area contributed by atoms with Gasteiger partial charge in [0.1, 0.15) is 5.82 Å². The first-order chi connectivity index (χ1) is 16.9. The predicted molar refractivity (Wildman–Crippen MR) is 149 cm³/mol. The largest absolute Gasteiger partial charge is 0.372 e. The summed E-state index contributed by atoms with van der Waals surface area (Å²) in [6, 6.07) is 10.7. The average molecular weight is 463 g/mol. The number of nitrogens with zero attached hydrogens (tertiary/aromatic N) is 4. The molecule has 3 heterocycles. The Kier molecular flexibility index (Phi) is 6.59. The van der Waals surface area contributed by atoms with Gasteiger partial charge in [-0.1, -0.05) is 56.3 Å². The van der Waals surface area contributed by atoms with Gasteiger partial charge in [-0.25, -0.2) is 4.98 Å². The van der Waals surface area contributed by atoms with E-state index >= 15 is 0 Å². The second-order valence-electron chi connectivity index (χ2n) is 10.2. The lowest BCUT2D eigenvalue weighted by molar-refractivity contribution is 0.197. The third kappa shape index (κ3) is 4.69. The molecule has 4 nitrogen and oxygen atoms in total. The van der Waals surface area contributed by atoms with Gasteiger partial charge in [0.05, 0.1) is 0 Å². The summed E-state index contributed by atoms with van der Waals surface area (Å²) in [6.45, 7) is 24.4. The zero-order chi connectivity index (χ0) is 24.5. The topological polar surface area (TPSA) is 22.6 Å². The lowest BCUT2D eigenvalue weighted by Gasteiger charge is -2.40. The van der Waals surface area contributed by atoms with Crippen molar-refractivity contribution in [3.8, 4) is 0 Å². The van der Waals surface area contributed by atoms with Gasteiger partial charge in [-0.2, -0.15) is 0 Å². The van der Waals surface area contributed by atoms with Crippen molar-refractivity contribution < 1.29 is 0 Å². The first kappa shape index (κ1) is 23.5. The normalized spacial score (nSPS) is 18.5. The fourth-order valence-electron chi connectivity index (χ4n) is 5.74. The smallest absolute Gasteiger partial charge is 0.213 e. The molecule has 0 unspecified atom stereocenters. The highest BCUT2D eigenvalue weighted by Gasteiger charge is 2.27. The van der Waals surface area contributed by atoms with Gasteiger partial charge in [-0.15, -0.1) is 6.58 Å². The summed E-state index contributed by atoms with van der Waals surface area (Å²) in [5.74, 6) is 1.62. The quantitative estimate of drug-likeness (QED) is 0.502. The Morgan fingerprint density at radius 2 is 1.74 bits per heavy atom. The molecule has 0 atom stereocenters.